The number of hydrogen-bond donors (Lipinski definition) is 1. The van der Waals surface area contributed by atoms with Gasteiger partial charge in [0.2, 0.25) is 8.32 Å². The van der Waals surface area contributed by atoms with Crippen molar-refractivity contribution in [2.75, 3.05) is 7.11 Å². The Labute approximate surface area is 140 Å². The molecule has 1 aromatic rings. The number of carbonyl (C=O) groups excluding carboxylic acids is 1. The molecule has 0 fully saturated rings. The van der Waals surface area contributed by atoms with Gasteiger partial charge in [0.05, 0.1) is 7.11 Å². The average molecular weight is 346 g/mol. The van der Waals surface area contributed by atoms with Gasteiger partial charge in [0.1, 0.15) is 11.8 Å². The summed E-state index contributed by atoms with van der Waals surface area (Å²) in [5.74, 6) is 0.480. The molecule has 2 N–H and O–H groups in total. The van der Waals surface area contributed by atoms with Crippen molar-refractivity contribution in [1.29, 1.82) is 0 Å². The molecular formula is C16H28ClNO3Si. The highest BCUT2D eigenvalue weighted by Gasteiger charge is 2.38. The van der Waals surface area contributed by atoms with E-state index in [0.717, 1.165) is 11.3 Å². The molecule has 1 aromatic carbocycles. The van der Waals surface area contributed by atoms with E-state index in [4.69, 9.17) is 10.2 Å². The lowest BCUT2D eigenvalue weighted by molar-refractivity contribution is -0.142. The summed E-state index contributed by atoms with van der Waals surface area (Å²) < 4.78 is 10.8. The van der Waals surface area contributed by atoms with Gasteiger partial charge in [0, 0.05) is 0 Å². The molecule has 6 heteroatoms. The minimum absolute atomic E-state index is 0. The molecule has 4 nitrogen and oxygen atoms in total. The molecule has 1 rings (SSSR count). The fraction of sp³-hybridized carbons (Fsp3) is 0.562. The number of nitrogens with two attached hydrogens (primary N) is 1. The molecule has 1 unspecified atom stereocenters. The van der Waals surface area contributed by atoms with E-state index in [1.165, 1.54) is 7.11 Å². The lowest BCUT2D eigenvalue weighted by Gasteiger charge is -2.36. The molecule has 0 spiro atoms. The van der Waals surface area contributed by atoms with E-state index < -0.39 is 20.3 Å². The van der Waals surface area contributed by atoms with Gasteiger partial charge in [-0.3, -0.25) is 4.79 Å². The smallest absolute Gasteiger partial charge is 0.322 e. The predicted molar refractivity (Wildman–Crippen MR) is 95.2 cm³/mol. The van der Waals surface area contributed by atoms with Gasteiger partial charge in [0.15, 0.2) is 0 Å². The Balaban J connectivity index is 0.00000441. The number of ether oxygens (including phenoxy) is 1. The minimum atomic E-state index is -1.82. The van der Waals surface area contributed by atoms with Crippen molar-refractivity contribution in [3.8, 4) is 5.75 Å². The number of methoxy groups -OCH3 is 1. The van der Waals surface area contributed by atoms with E-state index in [0.29, 0.717) is 6.42 Å². The molecule has 22 heavy (non-hydrogen) atoms. The lowest BCUT2D eigenvalue weighted by atomic mass is 10.1. The number of carbonyl (C=O) groups is 1. The van der Waals surface area contributed by atoms with Crippen LogP contribution in [0.2, 0.25) is 18.1 Å². The first-order valence-corrected chi connectivity index (χ1v) is 10.1. The molecule has 0 saturated heterocycles. The molecule has 0 aromatic heterocycles. The third-order valence-corrected chi connectivity index (χ3v) is 8.42. The average Bonchev–Trinajstić information content (AvgIpc) is 2.38. The highest BCUT2D eigenvalue weighted by Crippen LogP contribution is 2.37. The summed E-state index contributed by atoms with van der Waals surface area (Å²) in [7, 11) is -0.472. The second kappa shape index (κ2) is 7.99. The van der Waals surface area contributed by atoms with Crippen molar-refractivity contribution in [2.45, 2.75) is 51.4 Å². The largest absolute Gasteiger partial charge is 0.544 e. The zero-order valence-electron chi connectivity index (χ0n) is 14.3. The van der Waals surface area contributed by atoms with Crippen molar-refractivity contribution >= 4 is 26.7 Å². The van der Waals surface area contributed by atoms with Crippen LogP contribution in [0.4, 0.5) is 0 Å². The third kappa shape index (κ3) is 5.63. The number of esters is 1. The summed E-state index contributed by atoms with van der Waals surface area (Å²) >= 11 is 0. The lowest BCUT2D eigenvalue weighted by Crippen LogP contribution is -2.43. The van der Waals surface area contributed by atoms with Gasteiger partial charge in [-0.15, -0.1) is 12.4 Å². The van der Waals surface area contributed by atoms with E-state index in [1.807, 2.05) is 24.3 Å². The van der Waals surface area contributed by atoms with Crippen molar-refractivity contribution in [3.05, 3.63) is 29.8 Å². The second-order valence-corrected chi connectivity index (χ2v) is 11.6. The van der Waals surface area contributed by atoms with E-state index in [2.05, 4.69) is 38.6 Å². The molecule has 1 atom stereocenters. The van der Waals surface area contributed by atoms with Crippen LogP contribution in [0.1, 0.15) is 26.3 Å². The molecule has 0 aliphatic rings. The van der Waals surface area contributed by atoms with E-state index in [-0.39, 0.29) is 17.4 Å². The minimum Gasteiger partial charge on any atom is -0.544 e. The van der Waals surface area contributed by atoms with E-state index in [1.54, 1.807) is 0 Å². The number of rotatable bonds is 5. The van der Waals surface area contributed by atoms with Gasteiger partial charge in [0.25, 0.3) is 0 Å². The normalized spacial score (nSPS) is 13.0. The Morgan fingerprint density at radius 1 is 1.23 bits per heavy atom. The molecule has 0 bridgehead atoms. The summed E-state index contributed by atoms with van der Waals surface area (Å²) in [5.41, 5.74) is 6.75. The number of halogens is 1. The van der Waals surface area contributed by atoms with Crippen LogP contribution >= 0.6 is 12.4 Å². The fourth-order valence-corrected chi connectivity index (χ4v) is 2.66. The van der Waals surface area contributed by atoms with Gasteiger partial charge >= 0.3 is 5.97 Å². The molecule has 0 amide bonds. The van der Waals surface area contributed by atoms with Crippen molar-refractivity contribution in [1.82, 2.24) is 0 Å². The summed E-state index contributed by atoms with van der Waals surface area (Å²) in [5, 5.41) is 0.166. The van der Waals surface area contributed by atoms with Crippen LogP contribution in [0.25, 0.3) is 0 Å². The molecule has 0 aliphatic heterocycles. The third-order valence-electron chi connectivity index (χ3n) is 4.06. The van der Waals surface area contributed by atoms with Crippen LogP contribution in [0.3, 0.4) is 0 Å². The van der Waals surface area contributed by atoms with Gasteiger partial charge in [-0.2, -0.15) is 0 Å². The summed E-state index contributed by atoms with van der Waals surface area (Å²) in [4.78, 5) is 11.3. The number of hydrogen-bond acceptors (Lipinski definition) is 4. The van der Waals surface area contributed by atoms with Gasteiger partial charge in [-0.25, -0.2) is 0 Å². The van der Waals surface area contributed by atoms with E-state index in [9.17, 15) is 4.79 Å². The molecule has 0 saturated carbocycles. The summed E-state index contributed by atoms with van der Waals surface area (Å²) in [6, 6.07) is 7.16. The Bertz CT molecular complexity index is 483. The molecule has 0 radical (unpaired) electrons. The first-order valence-electron chi connectivity index (χ1n) is 7.18. The van der Waals surface area contributed by atoms with Crippen LogP contribution in [0.15, 0.2) is 24.3 Å². The van der Waals surface area contributed by atoms with Crippen molar-refractivity contribution in [2.24, 2.45) is 5.73 Å². The van der Waals surface area contributed by atoms with Crippen molar-refractivity contribution in [3.63, 3.8) is 0 Å². The van der Waals surface area contributed by atoms with Crippen LogP contribution < -0.4 is 10.2 Å². The first-order chi connectivity index (χ1) is 9.56. The van der Waals surface area contributed by atoms with Crippen LogP contribution in [-0.4, -0.2) is 27.4 Å². The first kappa shape index (κ1) is 21.0. The van der Waals surface area contributed by atoms with E-state index >= 15 is 0 Å². The molecule has 126 valence electrons. The maximum Gasteiger partial charge on any atom is 0.322 e. The second-order valence-electron chi connectivity index (χ2n) is 6.84. The zero-order valence-corrected chi connectivity index (χ0v) is 16.1. The maximum absolute atomic E-state index is 11.3. The topological polar surface area (TPSA) is 61.5 Å². The predicted octanol–water partition coefficient (Wildman–Crippen LogP) is 3.54. The molecule has 0 heterocycles. The van der Waals surface area contributed by atoms with Crippen LogP contribution in [0.5, 0.6) is 5.75 Å². The Kier molecular flexibility index (Phi) is 7.61. The molecular weight excluding hydrogens is 318 g/mol. The molecule has 0 aliphatic carbocycles. The van der Waals surface area contributed by atoms with Crippen LogP contribution in [-0.2, 0) is 16.0 Å². The Morgan fingerprint density at radius 2 is 1.73 bits per heavy atom. The monoisotopic (exact) mass is 345 g/mol. The Morgan fingerprint density at radius 3 is 2.14 bits per heavy atom. The summed E-state index contributed by atoms with van der Waals surface area (Å²) in [6.07, 6.45) is 0.465. The number of benzene rings is 1. The highest BCUT2D eigenvalue weighted by molar-refractivity contribution is 6.74. The SMILES string of the molecule is COC(=O)C(N)Cc1ccc(O[Si](C)(C)C(C)(C)C)cc1.Cl. The highest BCUT2D eigenvalue weighted by atomic mass is 35.5. The maximum atomic E-state index is 11.3. The fourth-order valence-electron chi connectivity index (χ4n) is 1.63. The zero-order chi connectivity index (χ0) is 16.3. The quantitative estimate of drug-likeness (QED) is 0.655. The van der Waals surface area contributed by atoms with Crippen LogP contribution in [0, 0.1) is 0 Å². The summed E-state index contributed by atoms with van der Waals surface area (Å²) in [6.45, 7) is 11.1. The van der Waals surface area contributed by atoms with Gasteiger partial charge in [-0.1, -0.05) is 32.9 Å². The standard InChI is InChI=1S/C16H27NO3Si.ClH/c1-16(2,3)21(5,6)20-13-9-7-12(8-10-13)11-14(17)15(18)19-4;/h7-10,14H,11,17H2,1-6H3;1H. The Hall–Kier alpha value is -1.04. The van der Waals surface area contributed by atoms with Gasteiger partial charge < -0.3 is 14.9 Å². The van der Waals surface area contributed by atoms with Crippen molar-refractivity contribution < 1.29 is 14.0 Å². The van der Waals surface area contributed by atoms with Gasteiger partial charge in [-0.05, 0) is 42.2 Å².